The van der Waals surface area contributed by atoms with Crippen LogP contribution in [-0.2, 0) is 5.41 Å². The van der Waals surface area contributed by atoms with Gasteiger partial charge in [-0.25, -0.2) is 0 Å². The lowest BCUT2D eigenvalue weighted by Gasteiger charge is -2.56. The summed E-state index contributed by atoms with van der Waals surface area (Å²) >= 11 is 0. The zero-order valence-corrected chi connectivity index (χ0v) is 16.7. The number of hydrogen-bond acceptors (Lipinski definition) is 2. The lowest BCUT2D eigenvalue weighted by atomic mass is 9.55. The fourth-order valence-electron chi connectivity index (χ4n) is 6.76. The van der Waals surface area contributed by atoms with Crippen LogP contribution in [0.2, 0.25) is 0 Å². The molecule has 3 aliphatic heterocycles. The maximum Gasteiger partial charge on any atom is 0.102 e. The first-order chi connectivity index (χ1) is 11.1. The fraction of sp³-hybridized carbons (Fsp3) is 0.600. The molecular weight excluding hydrogens is 411 g/mol. The van der Waals surface area contributed by atoms with E-state index in [0.717, 1.165) is 0 Å². The van der Waals surface area contributed by atoms with Crippen LogP contribution in [0.15, 0.2) is 35.9 Å². The van der Waals surface area contributed by atoms with Gasteiger partial charge in [-0.2, -0.15) is 0 Å². The van der Waals surface area contributed by atoms with Gasteiger partial charge in [0.05, 0.1) is 19.0 Å². The molecule has 2 bridgehead atoms. The molecule has 4 unspecified atom stereocenters. The number of nitrogens with one attached hydrogen (secondary N) is 1. The molecule has 4 aliphatic rings. The van der Waals surface area contributed by atoms with Crippen molar-refractivity contribution in [3.05, 3.63) is 41.5 Å². The number of aliphatic hydroxyl groups is 1. The second kappa shape index (κ2) is 5.45. The van der Waals surface area contributed by atoms with Gasteiger partial charge in [0.1, 0.15) is 12.6 Å². The zero-order chi connectivity index (χ0) is 15.8. The van der Waals surface area contributed by atoms with Gasteiger partial charge < -0.3 is 38.9 Å². The number of quaternary nitrogens is 1. The van der Waals surface area contributed by atoms with E-state index < -0.39 is 0 Å². The summed E-state index contributed by atoms with van der Waals surface area (Å²) in [6.45, 7) is 4.93. The van der Waals surface area contributed by atoms with Gasteiger partial charge in [-0.3, -0.25) is 0 Å². The highest BCUT2D eigenvalue weighted by atomic mass is 127. The standard InChI is InChI=1S/C20H27N2O.HI/c1-3-13-11-22(2)9-8-20-16-6-4-5-7-17(16)21-19(20)15(12-23)14(13)10-18(20)22;/h3-7,14-15,18-19,21,23H,8-12H2,1-2H3;1H/q+1;/p-1/b13-3-;/t14-,15+,18?,19?,20?,22?;/m0./s1. The third-order valence-electron chi connectivity index (χ3n) is 7.70. The van der Waals surface area contributed by atoms with E-state index in [0.29, 0.717) is 30.5 Å². The summed E-state index contributed by atoms with van der Waals surface area (Å²) in [5, 5.41) is 14.1. The number of aliphatic hydroxyl groups excluding tert-OH is 1. The number of hydrogen-bond donors (Lipinski definition) is 2. The van der Waals surface area contributed by atoms with Crippen LogP contribution in [0.25, 0.3) is 0 Å². The van der Waals surface area contributed by atoms with Gasteiger partial charge in [-0.05, 0) is 30.0 Å². The number of nitrogens with zero attached hydrogens (tertiary/aromatic N) is 1. The molecule has 1 spiro atoms. The molecule has 2 saturated heterocycles. The van der Waals surface area contributed by atoms with E-state index in [1.54, 1.807) is 5.57 Å². The number of piperidine rings is 1. The Balaban J connectivity index is 0.00000146. The maximum atomic E-state index is 10.3. The van der Waals surface area contributed by atoms with Crippen molar-refractivity contribution in [2.45, 2.75) is 37.3 Å². The van der Waals surface area contributed by atoms with E-state index >= 15 is 0 Å². The van der Waals surface area contributed by atoms with Gasteiger partial charge >= 0.3 is 0 Å². The highest BCUT2D eigenvalue weighted by Gasteiger charge is 2.70. The molecule has 130 valence electrons. The van der Waals surface area contributed by atoms with E-state index in [1.807, 2.05) is 0 Å². The minimum Gasteiger partial charge on any atom is -1.00 e. The molecule has 4 heteroatoms. The smallest absolute Gasteiger partial charge is 0.102 e. The maximum absolute atomic E-state index is 10.3. The van der Waals surface area contributed by atoms with Crippen molar-refractivity contribution in [1.29, 1.82) is 0 Å². The average molecular weight is 438 g/mol. The quantitative estimate of drug-likeness (QED) is 0.353. The van der Waals surface area contributed by atoms with Crippen LogP contribution in [0.3, 0.4) is 0 Å². The predicted molar refractivity (Wildman–Crippen MR) is 92.3 cm³/mol. The number of rotatable bonds is 1. The molecule has 3 nitrogen and oxygen atoms in total. The van der Waals surface area contributed by atoms with Crippen molar-refractivity contribution in [2.24, 2.45) is 11.8 Å². The molecule has 1 aromatic rings. The first-order valence-electron chi connectivity index (χ1n) is 9.10. The summed E-state index contributed by atoms with van der Waals surface area (Å²) in [6.07, 6.45) is 4.83. The molecule has 3 heterocycles. The first kappa shape index (κ1) is 16.9. The lowest BCUT2D eigenvalue weighted by Crippen LogP contribution is -3.00. The Morgan fingerprint density at radius 2 is 2.17 bits per heavy atom. The Morgan fingerprint density at radius 1 is 1.38 bits per heavy atom. The Bertz CT molecular complexity index is 705. The fourth-order valence-corrected chi connectivity index (χ4v) is 6.76. The molecular formula is C20H27IN2O. The lowest BCUT2D eigenvalue weighted by molar-refractivity contribution is -0.925. The summed E-state index contributed by atoms with van der Waals surface area (Å²) in [7, 11) is 2.47. The third-order valence-corrected chi connectivity index (χ3v) is 7.70. The van der Waals surface area contributed by atoms with E-state index in [1.165, 1.54) is 41.7 Å². The topological polar surface area (TPSA) is 32.3 Å². The number of allylic oxidation sites excluding steroid dienone is 1. The molecule has 5 rings (SSSR count). The van der Waals surface area contributed by atoms with Crippen LogP contribution < -0.4 is 29.3 Å². The molecule has 1 aromatic carbocycles. The van der Waals surface area contributed by atoms with E-state index in [4.69, 9.17) is 0 Å². The van der Waals surface area contributed by atoms with Gasteiger partial charge in [-0.15, -0.1) is 0 Å². The summed E-state index contributed by atoms with van der Waals surface area (Å²) in [4.78, 5) is 0. The number of likely N-dealkylation sites (N-methyl/N-ethyl adjacent to an activating group) is 1. The van der Waals surface area contributed by atoms with E-state index in [-0.39, 0.29) is 29.4 Å². The SMILES string of the molecule is C/C=C1/C[N+]2(C)CCC34c5ccccc5NC3[C@H](CO)[C@H]1CC42.[I-]. The van der Waals surface area contributed by atoms with Gasteiger partial charge in [-0.1, -0.05) is 24.3 Å². The van der Waals surface area contributed by atoms with Crippen LogP contribution in [-0.4, -0.2) is 48.4 Å². The Hall–Kier alpha value is -0.590. The van der Waals surface area contributed by atoms with Gasteiger partial charge in [0.2, 0.25) is 0 Å². The minimum atomic E-state index is 0. The molecule has 2 N–H and O–H groups in total. The van der Waals surface area contributed by atoms with Crippen molar-refractivity contribution in [1.82, 2.24) is 0 Å². The first-order valence-corrected chi connectivity index (χ1v) is 9.10. The monoisotopic (exact) mass is 438 g/mol. The van der Waals surface area contributed by atoms with Crippen LogP contribution >= 0.6 is 0 Å². The summed E-state index contributed by atoms with van der Waals surface area (Å²) < 4.78 is 1.20. The largest absolute Gasteiger partial charge is 1.00 e. The van der Waals surface area contributed by atoms with Crippen LogP contribution in [0.4, 0.5) is 5.69 Å². The van der Waals surface area contributed by atoms with Gasteiger partial charge in [0.25, 0.3) is 0 Å². The predicted octanol–water partition coefficient (Wildman–Crippen LogP) is -0.470. The van der Waals surface area contributed by atoms with Gasteiger partial charge in [0.15, 0.2) is 0 Å². The molecule has 6 atom stereocenters. The third kappa shape index (κ3) is 1.80. The number of halogens is 1. The molecule has 0 aromatic heterocycles. The van der Waals surface area contributed by atoms with Crippen molar-refractivity contribution in [2.75, 3.05) is 32.1 Å². The molecule has 24 heavy (non-hydrogen) atoms. The van der Waals surface area contributed by atoms with Crippen LogP contribution in [0.1, 0.15) is 25.3 Å². The van der Waals surface area contributed by atoms with Gasteiger partial charge in [0, 0.05) is 37.1 Å². The number of fused-ring (bicyclic) bond motifs is 2. The average Bonchev–Trinajstić information content (AvgIpc) is 3.08. The van der Waals surface area contributed by atoms with Crippen molar-refractivity contribution in [3.63, 3.8) is 0 Å². The van der Waals surface area contributed by atoms with Crippen LogP contribution in [0.5, 0.6) is 0 Å². The molecule has 1 aliphatic carbocycles. The number of para-hydroxylation sites is 1. The normalized spacial score (nSPS) is 46.0. The van der Waals surface area contributed by atoms with Crippen molar-refractivity contribution < 1.29 is 33.6 Å². The molecule has 3 fully saturated rings. The Labute approximate surface area is 161 Å². The summed E-state index contributed by atoms with van der Waals surface area (Å²) in [5.41, 5.74) is 4.65. The second-order valence-electron chi connectivity index (χ2n) is 8.39. The molecule has 0 amide bonds. The molecule has 1 saturated carbocycles. The van der Waals surface area contributed by atoms with Crippen LogP contribution in [0, 0.1) is 11.8 Å². The van der Waals surface area contributed by atoms with Crippen molar-refractivity contribution >= 4 is 5.69 Å². The summed E-state index contributed by atoms with van der Waals surface area (Å²) in [6, 6.07) is 10.0. The minimum absolute atomic E-state index is 0. The van der Waals surface area contributed by atoms with Crippen molar-refractivity contribution in [3.8, 4) is 0 Å². The van der Waals surface area contributed by atoms with E-state index in [9.17, 15) is 5.11 Å². The second-order valence-corrected chi connectivity index (χ2v) is 8.39. The number of benzene rings is 1. The summed E-state index contributed by atoms with van der Waals surface area (Å²) in [5.74, 6) is 0.899. The Morgan fingerprint density at radius 3 is 2.92 bits per heavy atom. The highest BCUT2D eigenvalue weighted by Crippen LogP contribution is 2.62. The Kier molecular flexibility index (Phi) is 3.83. The van der Waals surface area contributed by atoms with E-state index in [2.05, 4.69) is 49.6 Å². The zero-order valence-electron chi connectivity index (χ0n) is 14.5. The molecule has 0 radical (unpaired) electrons. The highest BCUT2D eigenvalue weighted by molar-refractivity contribution is 5.64. The number of anilines is 1.